The molecule has 2 atom stereocenters. The molecule has 0 radical (unpaired) electrons. The Morgan fingerprint density at radius 2 is 1.95 bits per heavy atom. The molecule has 1 heterocycles. The van der Waals surface area contributed by atoms with Crippen LogP contribution in [0.15, 0.2) is 30.3 Å². The molecule has 2 rings (SSSR count). The van der Waals surface area contributed by atoms with Gasteiger partial charge in [0.15, 0.2) is 0 Å². The summed E-state index contributed by atoms with van der Waals surface area (Å²) >= 11 is 0. The van der Waals surface area contributed by atoms with Gasteiger partial charge in [0.2, 0.25) is 0 Å². The molecule has 4 nitrogen and oxygen atoms in total. The zero-order chi connectivity index (χ0) is 14.8. The number of carbonyl (C=O) groups is 1. The molecule has 0 aliphatic carbocycles. The Bertz CT molecular complexity index is 453. The maximum absolute atomic E-state index is 12.3. The number of hydrogen-bond donors (Lipinski definition) is 1. The molecule has 1 aromatic carbocycles. The van der Waals surface area contributed by atoms with Crippen molar-refractivity contribution in [2.75, 3.05) is 6.54 Å². The summed E-state index contributed by atoms with van der Waals surface area (Å²) in [6.07, 6.45) is 0.603. The van der Waals surface area contributed by atoms with Crippen molar-refractivity contribution in [3.63, 3.8) is 0 Å². The summed E-state index contributed by atoms with van der Waals surface area (Å²) in [5, 5.41) is 10.3. The van der Waals surface area contributed by atoms with Crippen LogP contribution in [0.5, 0.6) is 0 Å². The molecule has 0 saturated carbocycles. The number of piperidine rings is 1. The van der Waals surface area contributed by atoms with Crippen molar-refractivity contribution in [2.45, 2.75) is 51.4 Å². The Kier molecular flexibility index (Phi) is 4.33. The van der Waals surface area contributed by atoms with Gasteiger partial charge in [-0.2, -0.15) is 0 Å². The minimum absolute atomic E-state index is 0.320. The standard InChI is InChI=1S/C16H23NO3/c1-16(2,3)20-15(19)17-11-7-10-13(18)14(17)12-8-5-4-6-9-12/h4-6,8-9,13-14,18H,7,10-11H2,1-3H3/t13-,14+/m0/s1. The summed E-state index contributed by atoms with van der Waals surface area (Å²) in [7, 11) is 0. The van der Waals surface area contributed by atoms with Crippen molar-refractivity contribution in [2.24, 2.45) is 0 Å². The highest BCUT2D eigenvalue weighted by Crippen LogP contribution is 2.32. The SMILES string of the molecule is CC(C)(C)OC(=O)N1CCC[C@H](O)[C@H]1c1ccccc1. The van der Waals surface area contributed by atoms with E-state index < -0.39 is 11.7 Å². The third kappa shape index (κ3) is 3.51. The molecule has 1 aromatic rings. The van der Waals surface area contributed by atoms with Crippen molar-refractivity contribution in [1.29, 1.82) is 0 Å². The number of hydrogen-bond acceptors (Lipinski definition) is 3. The van der Waals surface area contributed by atoms with Crippen molar-refractivity contribution < 1.29 is 14.6 Å². The third-order valence-corrected chi connectivity index (χ3v) is 3.37. The first-order valence-electron chi connectivity index (χ1n) is 7.11. The summed E-state index contributed by atoms with van der Waals surface area (Å²) in [6.45, 7) is 6.17. The molecule has 1 N–H and O–H groups in total. The smallest absolute Gasteiger partial charge is 0.410 e. The number of nitrogens with zero attached hydrogens (tertiary/aromatic N) is 1. The highest BCUT2D eigenvalue weighted by atomic mass is 16.6. The van der Waals surface area contributed by atoms with Gasteiger partial charge in [-0.1, -0.05) is 30.3 Å². The van der Waals surface area contributed by atoms with E-state index in [4.69, 9.17) is 4.74 Å². The minimum atomic E-state index is -0.543. The van der Waals surface area contributed by atoms with Crippen LogP contribution in [0.2, 0.25) is 0 Å². The summed E-state index contributed by atoms with van der Waals surface area (Å²) in [5.74, 6) is 0. The maximum atomic E-state index is 12.3. The average molecular weight is 277 g/mol. The van der Waals surface area contributed by atoms with Gasteiger partial charge in [-0.3, -0.25) is 4.90 Å². The van der Waals surface area contributed by atoms with Crippen LogP contribution in [-0.4, -0.2) is 34.3 Å². The van der Waals surface area contributed by atoms with Gasteiger partial charge in [-0.25, -0.2) is 4.79 Å². The van der Waals surface area contributed by atoms with Crippen LogP contribution in [0.1, 0.15) is 45.2 Å². The fourth-order valence-corrected chi connectivity index (χ4v) is 2.55. The second-order valence-electron chi connectivity index (χ2n) is 6.24. The average Bonchev–Trinajstić information content (AvgIpc) is 2.37. The van der Waals surface area contributed by atoms with Crippen molar-refractivity contribution in [3.8, 4) is 0 Å². The van der Waals surface area contributed by atoms with Crippen LogP contribution in [-0.2, 0) is 4.74 Å². The largest absolute Gasteiger partial charge is 0.444 e. The summed E-state index contributed by atoms with van der Waals surface area (Å²) < 4.78 is 5.45. The summed E-state index contributed by atoms with van der Waals surface area (Å²) in [6, 6.07) is 9.33. The van der Waals surface area contributed by atoms with Gasteiger partial charge >= 0.3 is 6.09 Å². The van der Waals surface area contributed by atoms with Crippen molar-refractivity contribution >= 4 is 6.09 Å². The molecule has 1 fully saturated rings. The highest BCUT2D eigenvalue weighted by molar-refractivity contribution is 5.69. The van der Waals surface area contributed by atoms with E-state index in [1.807, 2.05) is 51.1 Å². The lowest BCUT2D eigenvalue weighted by atomic mass is 9.93. The highest BCUT2D eigenvalue weighted by Gasteiger charge is 2.36. The maximum Gasteiger partial charge on any atom is 0.410 e. The van der Waals surface area contributed by atoms with Crippen LogP contribution < -0.4 is 0 Å². The van der Waals surface area contributed by atoms with Gasteiger partial charge in [-0.15, -0.1) is 0 Å². The second-order valence-corrected chi connectivity index (χ2v) is 6.24. The van der Waals surface area contributed by atoms with Crippen LogP contribution in [0.25, 0.3) is 0 Å². The number of benzene rings is 1. The van der Waals surface area contributed by atoms with E-state index in [9.17, 15) is 9.90 Å². The number of aliphatic hydroxyl groups is 1. The second kappa shape index (κ2) is 5.83. The zero-order valence-electron chi connectivity index (χ0n) is 12.4. The molecule has 4 heteroatoms. The van der Waals surface area contributed by atoms with Gasteiger partial charge in [0.25, 0.3) is 0 Å². The molecule has 0 aromatic heterocycles. The Hall–Kier alpha value is -1.55. The number of carbonyl (C=O) groups excluding carboxylic acids is 1. The number of rotatable bonds is 1. The van der Waals surface area contributed by atoms with Crippen LogP contribution in [0, 0.1) is 0 Å². The quantitative estimate of drug-likeness (QED) is 0.858. The van der Waals surface area contributed by atoms with Gasteiger partial charge in [0.05, 0.1) is 12.1 Å². The molecule has 0 spiro atoms. The Balaban J connectivity index is 2.23. The lowest BCUT2D eigenvalue weighted by molar-refractivity contribution is -0.0239. The van der Waals surface area contributed by atoms with Crippen LogP contribution in [0.4, 0.5) is 4.79 Å². The lowest BCUT2D eigenvalue weighted by Crippen LogP contribution is -2.47. The van der Waals surface area contributed by atoms with Gasteiger partial charge in [0, 0.05) is 6.54 Å². The molecular weight excluding hydrogens is 254 g/mol. The third-order valence-electron chi connectivity index (χ3n) is 3.37. The van der Waals surface area contributed by atoms with E-state index in [0.717, 1.165) is 12.0 Å². The minimum Gasteiger partial charge on any atom is -0.444 e. The fraction of sp³-hybridized carbons (Fsp3) is 0.562. The summed E-state index contributed by atoms with van der Waals surface area (Å²) in [5.41, 5.74) is 0.423. The molecule has 0 unspecified atom stereocenters. The van der Waals surface area contributed by atoms with E-state index in [1.54, 1.807) is 4.90 Å². The topological polar surface area (TPSA) is 49.8 Å². The van der Waals surface area contributed by atoms with Gasteiger partial charge in [0.1, 0.15) is 5.60 Å². The first-order chi connectivity index (χ1) is 9.38. The fourth-order valence-electron chi connectivity index (χ4n) is 2.55. The molecule has 20 heavy (non-hydrogen) atoms. The van der Waals surface area contributed by atoms with E-state index in [0.29, 0.717) is 13.0 Å². The normalized spacial score (nSPS) is 23.5. The number of amides is 1. The molecule has 1 aliphatic rings. The number of aliphatic hydroxyl groups excluding tert-OH is 1. The van der Waals surface area contributed by atoms with Crippen molar-refractivity contribution in [3.05, 3.63) is 35.9 Å². The van der Waals surface area contributed by atoms with E-state index >= 15 is 0 Å². The molecular formula is C16H23NO3. The first-order valence-corrected chi connectivity index (χ1v) is 7.11. The molecule has 1 amide bonds. The van der Waals surface area contributed by atoms with Crippen molar-refractivity contribution in [1.82, 2.24) is 4.90 Å². The zero-order valence-corrected chi connectivity index (χ0v) is 12.4. The Morgan fingerprint density at radius 3 is 2.55 bits per heavy atom. The lowest BCUT2D eigenvalue weighted by Gasteiger charge is -2.39. The Morgan fingerprint density at radius 1 is 1.30 bits per heavy atom. The summed E-state index contributed by atoms with van der Waals surface area (Å²) in [4.78, 5) is 14.0. The van der Waals surface area contributed by atoms with E-state index in [1.165, 1.54) is 0 Å². The first kappa shape index (κ1) is 14.9. The van der Waals surface area contributed by atoms with Gasteiger partial charge in [-0.05, 0) is 39.2 Å². The molecule has 0 bridgehead atoms. The molecule has 110 valence electrons. The van der Waals surface area contributed by atoms with Gasteiger partial charge < -0.3 is 9.84 Å². The number of likely N-dealkylation sites (tertiary alicyclic amines) is 1. The van der Waals surface area contributed by atoms with Crippen LogP contribution >= 0.6 is 0 Å². The van der Waals surface area contributed by atoms with Crippen LogP contribution in [0.3, 0.4) is 0 Å². The van der Waals surface area contributed by atoms with E-state index in [-0.39, 0.29) is 12.1 Å². The molecule has 1 saturated heterocycles. The predicted octanol–water partition coefficient (Wildman–Crippen LogP) is 3.12. The monoisotopic (exact) mass is 277 g/mol. The number of ether oxygens (including phenoxy) is 1. The molecule has 1 aliphatic heterocycles. The van der Waals surface area contributed by atoms with E-state index in [2.05, 4.69) is 0 Å². The Labute approximate surface area is 120 Å². The predicted molar refractivity (Wildman–Crippen MR) is 77.4 cm³/mol.